The van der Waals surface area contributed by atoms with Gasteiger partial charge in [-0.05, 0) is 54.1 Å². The average molecular weight is 504 g/mol. The van der Waals surface area contributed by atoms with E-state index in [1.807, 2.05) is 71.4 Å². The molecule has 3 aromatic carbocycles. The molecule has 2 heterocycles. The number of imidazole rings is 1. The first-order valence-corrected chi connectivity index (χ1v) is 13.2. The average Bonchev–Trinajstić information content (AvgIpc) is 3.29. The van der Waals surface area contributed by atoms with Gasteiger partial charge in [-0.15, -0.1) is 0 Å². The number of ether oxygens (including phenoxy) is 1. The molecule has 5 rings (SSSR count). The van der Waals surface area contributed by atoms with Crippen LogP contribution in [0.1, 0.15) is 5.56 Å². The molecule has 35 heavy (non-hydrogen) atoms. The van der Waals surface area contributed by atoms with E-state index in [0.717, 1.165) is 27.7 Å². The summed E-state index contributed by atoms with van der Waals surface area (Å²) in [6.07, 6.45) is 3.09. The number of para-hydroxylation sites is 1. The number of halogens is 1. The maximum atomic E-state index is 11.9. The molecule has 0 aliphatic heterocycles. The minimum atomic E-state index is -3.29. The van der Waals surface area contributed by atoms with E-state index >= 15 is 0 Å². The maximum Gasteiger partial charge on any atom is 0.175 e. The first kappa shape index (κ1) is 23.2. The summed E-state index contributed by atoms with van der Waals surface area (Å²) in [5.41, 5.74) is 4.12. The van der Waals surface area contributed by atoms with Crippen LogP contribution in [0.15, 0.2) is 96.0 Å². The summed E-state index contributed by atoms with van der Waals surface area (Å²) in [6, 6.07) is 26.1. The molecule has 0 unspecified atom stereocenters. The van der Waals surface area contributed by atoms with Crippen molar-refractivity contribution in [2.75, 3.05) is 6.26 Å². The van der Waals surface area contributed by atoms with Gasteiger partial charge in [-0.1, -0.05) is 48.0 Å². The Balaban J connectivity index is 1.48. The molecule has 0 spiro atoms. The third-order valence-electron chi connectivity index (χ3n) is 5.59. The SMILES string of the molecule is CS(=O)(=O)c1ccc(-c2nc(-c3ccc4ccccc4n3)cn2COCc2ccc(Cl)cc2)cc1. The summed E-state index contributed by atoms with van der Waals surface area (Å²) in [6.45, 7) is 0.664. The monoisotopic (exact) mass is 503 g/mol. The highest BCUT2D eigenvalue weighted by Gasteiger charge is 2.15. The molecule has 2 aromatic heterocycles. The summed E-state index contributed by atoms with van der Waals surface area (Å²) >= 11 is 5.97. The lowest BCUT2D eigenvalue weighted by atomic mass is 10.2. The molecule has 0 saturated heterocycles. The van der Waals surface area contributed by atoms with Crippen molar-refractivity contribution in [3.05, 3.63) is 102 Å². The number of aromatic nitrogens is 3. The Bertz CT molecular complexity index is 1600. The van der Waals surface area contributed by atoms with Crippen LogP contribution >= 0.6 is 11.6 Å². The fourth-order valence-electron chi connectivity index (χ4n) is 3.77. The van der Waals surface area contributed by atoms with Crippen molar-refractivity contribution in [3.63, 3.8) is 0 Å². The molecular formula is C27H22ClN3O3S. The summed E-state index contributed by atoms with van der Waals surface area (Å²) in [7, 11) is -3.29. The van der Waals surface area contributed by atoms with E-state index in [1.54, 1.807) is 24.3 Å². The highest BCUT2D eigenvalue weighted by molar-refractivity contribution is 7.90. The lowest BCUT2D eigenvalue weighted by Gasteiger charge is -2.09. The number of sulfone groups is 1. The molecule has 0 atom stereocenters. The van der Waals surface area contributed by atoms with E-state index in [2.05, 4.69) is 0 Å². The summed E-state index contributed by atoms with van der Waals surface area (Å²) < 4.78 is 31.6. The number of hydrogen-bond donors (Lipinski definition) is 0. The minimum Gasteiger partial charge on any atom is -0.356 e. The minimum absolute atomic E-state index is 0.256. The molecular weight excluding hydrogens is 482 g/mol. The van der Waals surface area contributed by atoms with Gasteiger partial charge in [0.15, 0.2) is 9.84 Å². The predicted octanol–water partition coefficient (Wildman–Crippen LogP) is 6.00. The molecule has 0 radical (unpaired) electrons. The van der Waals surface area contributed by atoms with E-state index in [0.29, 0.717) is 23.1 Å². The second kappa shape index (κ2) is 9.62. The Morgan fingerprint density at radius 3 is 2.34 bits per heavy atom. The van der Waals surface area contributed by atoms with E-state index in [4.69, 9.17) is 26.3 Å². The number of pyridine rings is 1. The Labute approximate surface area is 208 Å². The van der Waals surface area contributed by atoms with Crippen molar-refractivity contribution in [2.45, 2.75) is 18.2 Å². The van der Waals surface area contributed by atoms with Crippen LogP contribution in [0.3, 0.4) is 0 Å². The molecule has 0 bridgehead atoms. The second-order valence-corrected chi connectivity index (χ2v) is 10.7. The second-order valence-electron chi connectivity index (χ2n) is 8.21. The first-order valence-electron chi connectivity index (χ1n) is 10.9. The number of benzene rings is 3. The van der Waals surface area contributed by atoms with Crippen LogP contribution in [0.4, 0.5) is 0 Å². The van der Waals surface area contributed by atoms with Crippen LogP contribution in [0.2, 0.25) is 5.02 Å². The van der Waals surface area contributed by atoms with Gasteiger partial charge in [0.1, 0.15) is 18.2 Å². The molecule has 0 aliphatic rings. The van der Waals surface area contributed by atoms with Crippen LogP contribution in [0.5, 0.6) is 0 Å². The zero-order valence-corrected chi connectivity index (χ0v) is 20.5. The zero-order valence-electron chi connectivity index (χ0n) is 18.9. The number of fused-ring (bicyclic) bond motifs is 1. The van der Waals surface area contributed by atoms with Crippen LogP contribution in [-0.2, 0) is 27.9 Å². The van der Waals surface area contributed by atoms with Crippen molar-refractivity contribution in [1.29, 1.82) is 0 Å². The summed E-state index contributed by atoms with van der Waals surface area (Å²) in [4.78, 5) is 9.87. The van der Waals surface area contributed by atoms with Gasteiger partial charge in [0.05, 0.1) is 22.7 Å². The van der Waals surface area contributed by atoms with Crippen LogP contribution in [-0.4, -0.2) is 29.2 Å². The van der Waals surface area contributed by atoms with Gasteiger partial charge in [0.25, 0.3) is 0 Å². The van der Waals surface area contributed by atoms with Crippen LogP contribution in [0, 0.1) is 0 Å². The van der Waals surface area contributed by atoms with Gasteiger partial charge in [-0.3, -0.25) is 0 Å². The lowest BCUT2D eigenvalue weighted by molar-refractivity contribution is 0.0650. The maximum absolute atomic E-state index is 11.9. The van der Waals surface area contributed by atoms with Crippen LogP contribution in [0.25, 0.3) is 33.7 Å². The topological polar surface area (TPSA) is 74.1 Å². The quantitative estimate of drug-likeness (QED) is 0.272. The molecule has 176 valence electrons. The standard InChI is InChI=1S/C27H22ClN3O3S/c1-35(32,33)23-13-8-21(9-14-23)27-30-26(25-15-10-20-4-2-3-5-24(20)29-25)16-31(27)18-34-17-19-6-11-22(28)12-7-19/h2-16H,17-18H2,1H3. The third-order valence-corrected chi connectivity index (χ3v) is 6.97. The molecule has 5 aromatic rings. The van der Waals surface area contributed by atoms with Crippen molar-refractivity contribution in [3.8, 4) is 22.8 Å². The Morgan fingerprint density at radius 2 is 1.60 bits per heavy atom. The molecule has 6 nitrogen and oxygen atoms in total. The van der Waals surface area contributed by atoms with Crippen molar-refractivity contribution < 1.29 is 13.2 Å². The Kier molecular flexibility index (Phi) is 6.38. The molecule has 0 N–H and O–H groups in total. The number of nitrogens with zero attached hydrogens (tertiary/aromatic N) is 3. The fourth-order valence-corrected chi connectivity index (χ4v) is 4.53. The Morgan fingerprint density at radius 1 is 0.857 bits per heavy atom. The Hall–Kier alpha value is -3.52. The van der Waals surface area contributed by atoms with Gasteiger partial charge in [0.2, 0.25) is 0 Å². The smallest absolute Gasteiger partial charge is 0.175 e. The fraction of sp³-hybridized carbons (Fsp3) is 0.111. The van der Waals surface area contributed by atoms with Crippen LogP contribution < -0.4 is 0 Å². The van der Waals surface area contributed by atoms with E-state index < -0.39 is 9.84 Å². The van der Waals surface area contributed by atoms with E-state index in [-0.39, 0.29) is 11.6 Å². The molecule has 0 aliphatic carbocycles. The number of rotatable bonds is 7. The first-order chi connectivity index (χ1) is 16.9. The molecule has 0 fully saturated rings. The van der Waals surface area contributed by atoms with Gasteiger partial charge < -0.3 is 9.30 Å². The van der Waals surface area contributed by atoms with Gasteiger partial charge in [0, 0.05) is 28.4 Å². The zero-order chi connectivity index (χ0) is 24.4. The summed E-state index contributed by atoms with van der Waals surface area (Å²) in [5, 5.41) is 1.73. The van der Waals surface area contributed by atoms with Gasteiger partial charge in [-0.25, -0.2) is 18.4 Å². The van der Waals surface area contributed by atoms with Crippen molar-refractivity contribution >= 4 is 32.3 Å². The van der Waals surface area contributed by atoms with Gasteiger partial charge in [-0.2, -0.15) is 0 Å². The summed E-state index contributed by atoms with van der Waals surface area (Å²) in [5.74, 6) is 0.658. The lowest BCUT2D eigenvalue weighted by Crippen LogP contribution is -2.04. The van der Waals surface area contributed by atoms with E-state index in [9.17, 15) is 8.42 Å². The third kappa shape index (κ3) is 5.27. The highest BCUT2D eigenvalue weighted by Crippen LogP contribution is 2.27. The molecule has 8 heteroatoms. The largest absolute Gasteiger partial charge is 0.356 e. The van der Waals surface area contributed by atoms with E-state index in [1.165, 1.54) is 6.26 Å². The molecule has 0 amide bonds. The molecule has 0 saturated carbocycles. The van der Waals surface area contributed by atoms with Gasteiger partial charge >= 0.3 is 0 Å². The predicted molar refractivity (Wildman–Crippen MR) is 138 cm³/mol. The highest BCUT2D eigenvalue weighted by atomic mass is 35.5. The van der Waals surface area contributed by atoms with Crippen molar-refractivity contribution in [1.82, 2.24) is 14.5 Å². The normalized spacial score (nSPS) is 11.7. The number of hydrogen-bond acceptors (Lipinski definition) is 5. The van der Waals surface area contributed by atoms with Crippen molar-refractivity contribution in [2.24, 2.45) is 0 Å².